The van der Waals surface area contributed by atoms with E-state index in [2.05, 4.69) is 90.2 Å². The van der Waals surface area contributed by atoms with Crippen LogP contribution in [0.4, 0.5) is 0 Å². The van der Waals surface area contributed by atoms with Gasteiger partial charge < -0.3 is 14.2 Å². The van der Waals surface area contributed by atoms with Crippen molar-refractivity contribution in [2.45, 2.75) is 5.92 Å². The van der Waals surface area contributed by atoms with Crippen molar-refractivity contribution in [1.29, 1.82) is 0 Å². The molecule has 2 aromatic carbocycles. The van der Waals surface area contributed by atoms with Crippen molar-refractivity contribution in [1.82, 2.24) is 9.13 Å². The Morgan fingerprint density at radius 2 is 1.42 bits per heavy atom. The third kappa shape index (κ3) is 3.37. The first-order valence-electron chi connectivity index (χ1n) is 10.1. The van der Waals surface area contributed by atoms with Crippen LogP contribution in [0, 0.1) is 0 Å². The molecule has 3 aromatic heterocycles. The van der Waals surface area contributed by atoms with Crippen molar-refractivity contribution in [2.24, 2.45) is 14.1 Å². The number of benzene rings is 2. The Hall–Kier alpha value is -3.57. The van der Waals surface area contributed by atoms with Gasteiger partial charge in [-0.2, -0.15) is 0 Å². The summed E-state index contributed by atoms with van der Waals surface area (Å²) in [5.41, 5.74) is 4.86. The monoisotopic (exact) mass is 426 g/mol. The van der Waals surface area contributed by atoms with E-state index in [0.29, 0.717) is 4.88 Å². The normalized spacial score (nSPS) is 12.0. The fraction of sp³-hybridized carbons (Fsp3) is 0.115. The van der Waals surface area contributed by atoms with Crippen molar-refractivity contribution < 1.29 is 9.90 Å². The number of thiophene rings is 1. The summed E-state index contributed by atoms with van der Waals surface area (Å²) in [5, 5.41) is 11.7. The number of para-hydroxylation sites is 2. The first kappa shape index (κ1) is 19.4. The average molecular weight is 427 g/mol. The van der Waals surface area contributed by atoms with Crippen LogP contribution in [-0.2, 0) is 14.1 Å². The topological polar surface area (TPSA) is 47.2 Å². The third-order valence-electron chi connectivity index (χ3n) is 5.82. The van der Waals surface area contributed by atoms with Gasteiger partial charge in [0, 0.05) is 59.1 Å². The van der Waals surface area contributed by atoms with E-state index in [1.165, 1.54) is 44.3 Å². The summed E-state index contributed by atoms with van der Waals surface area (Å²) in [6.45, 7) is 0. The van der Waals surface area contributed by atoms with E-state index in [0.717, 1.165) is 4.88 Å². The molecule has 1 N–H and O–H groups in total. The summed E-state index contributed by atoms with van der Waals surface area (Å²) in [6, 6.07) is 20.4. The number of carboxylic acids is 1. The number of fused-ring (bicyclic) bond motifs is 2. The van der Waals surface area contributed by atoms with Gasteiger partial charge in [-0.25, -0.2) is 4.79 Å². The molecule has 0 aliphatic heterocycles. The lowest BCUT2D eigenvalue weighted by molar-refractivity contribution is 0.0702. The van der Waals surface area contributed by atoms with E-state index in [4.69, 9.17) is 0 Å². The van der Waals surface area contributed by atoms with E-state index in [1.807, 2.05) is 12.1 Å². The fourth-order valence-corrected chi connectivity index (χ4v) is 5.13. The van der Waals surface area contributed by atoms with Gasteiger partial charge >= 0.3 is 5.97 Å². The SMILES string of the molecule is Cn1cc(C(/C=C/c2ccc(C(=O)O)s2)c2cn(C)c3ccccc23)c2ccccc21. The molecule has 0 atom stereocenters. The molecule has 0 amide bonds. The quantitative estimate of drug-likeness (QED) is 0.360. The first-order chi connectivity index (χ1) is 15.0. The number of hydrogen-bond donors (Lipinski definition) is 1. The van der Waals surface area contributed by atoms with Gasteiger partial charge in [0.05, 0.1) is 0 Å². The molecule has 5 heteroatoms. The number of aromatic nitrogens is 2. The van der Waals surface area contributed by atoms with Gasteiger partial charge in [0.2, 0.25) is 0 Å². The molecule has 31 heavy (non-hydrogen) atoms. The summed E-state index contributed by atoms with van der Waals surface area (Å²) in [7, 11) is 4.15. The molecule has 5 aromatic rings. The predicted octanol–water partition coefficient (Wildman–Crippen LogP) is 6.28. The lowest BCUT2D eigenvalue weighted by Gasteiger charge is -2.12. The minimum Gasteiger partial charge on any atom is -0.477 e. The minimum atomic E-state index is -0.885. The summed E-state index contributed by atoms with van der Waals surface area (Å²) in [6.07, 6.45) is 8.66. The minimum absolute atomic E-state index is 0.0348. The van der Waals surface area contributed by atoms with Crippen LogP contribution in [0.15, 0.2) is 79.1 Å². The maximum Gasteiger partial charge on any atom is 0.345 e. The Bertz CT molecular complexity index is 1370. The zero-order valence-corrected chi connectivity index (χ0v) is 18.1. The highest BCUT2D eigenvalue weighted by molar-refractivity contribution is 7.14. The first-order valence-corrected chi connectivity index (χ1v) is 10.9. The Balaban J connectivity index is 1.70. The number of aryl methyl sites for hydroxylation is 2. The molecule has 4 nitrogen and oxygen atoms in total. The fourth-order valence-electron chi connectivity index (χ4n) is 4.36. The van der Waals surface area contributed by atoms with E-state index >= 15 is 0 Å². The second-order valence-corrected chi connectivity index (χ2v) is 8.88. The maximum absolute atomic E-state index is 11.3. The number of carboxylic acid groups (broad SMARTS) is 1. The van der Waals surface area contributed by atoms with E-state index < -0.39 is 5.97 Å². The molecular formula is C26H22N2O2S. The molecule has 0 aliphatic rings. The highest BCUT2D eigenvalue weighted by atomic mass is 32.1. The summed E-state index contributed by atoms with van der Waals surface area (Å²) in [4.78, 5) is 12.6. The Morgan fingerprint density at radius 1 is 0.871 bits per heavy atom. The average Bonchev–Trinajstić information content (AvgIpc) is 3.47. The molecule has 0 spiro atoms. The maximum atomic E-state index is 11.3. The van der Waals surface area contributed by atoms with Crippen LogP contribution in [0.25, 0.3) is 27.9 Å². The van der Waals surface area contributed by atoms with E-state index in [1.54, 1.807) is 6.07 Å². The molecule has 5 rings (SSSR count). The molecular weight excluding hydrogens is 404 g/mol. The lowest BCUT2D eigenvalue weighted by atomic mass is 9.90. The van der Waals surface area contributed by atoms with Crippen molar-refractivity contribution >= 4 is 45.2 Å². The van der Waals surface area contributed by atoms with Crippen molar-refractivity contribution in [3.8, 4) is 0 Å². The second kappa shape index (κ2) is 7.60. The highest BCUT2D eigenvalue weighted by Gasteiger charge is 2.21. The number of hydrogen-bond acceptors (Lipinski definition) is 2. The molecule has 0 bridgehead atoms. The van der Waals surface area contributed by atoms with Crippen molar-refractivity contribution in [3.63, 3.8) is 0 Å². The largest absolute Gasteiger partial charge is 0.477 e. The van der Waals surface area contributed by atoms with E-state index in [9.17, 15) is 9.90 Å². The number of rotatable bonds is 5. The number of nitrogens with zero attached hydrogens (tertiary/aromatic N) is 2. The van der Waals surface area contributed by atoms with E-state index in [-0.39, 0.29) is 5.92 Å². The molecule has 0 unspecified atom stereocenters. The van der Waals surface area contributed by atoms with Gasteiger partial charge in [-0.15, -0.1) is 11.3 Å². The molecule has 0 saturated carbocycles. The van der Waals surface area contributed by atoms with Gasteiger partial charge in [0.25, 0.3) is 0 Å². The van der Waals surface area contributed by atoms with Crippen LogP contribution in [-0.4, -0.2) is 20.2 Å². The summed E-state index contributed by atoms with van der Waals surface area (Å²) in [5.74, 6) is -0.850. The molecule has 0 aliphatic carbocycles. The zero-order valence-electron chi connectivity index (χ0n) is 17.3. The molecule has 3 heterocycles. The number of aromatic carboxylic acids is 1. The van der Waals surface area contributed by atoms with Crippen LogP contribution in [0.3, 0.4) is 0 Å². The van der Waals surface area contributed by atoms with Gasteiger partial charge in [0.1, 0.15) is 4.88 Å². The second-order valence-electron chi connectivity index (χ2n) is 7.77. The smallest absolute Gasteiger partial charge is 0.345 e. The van der Waals surface area contributed by atoms with Gasteiger partial charge in [-0.3, -0.25) is 0 Å². The van der Waals surface area contributed by atoms with Crippen LogP contribution < -0.4 is 0 Å². The van der Waals surface area contributed by atoms with Crippen molar-refractivity contribution in [3.05, 3.63) is 100 Å². The Kier molecular flexibility index (Phi) is 4.75. The molecule has 0 saturated heterocycles. The standard InChI is InChI=1S/C26H22N2O2S/c1-27-15-21(19-7-3-5-9-23(19)27)18(13-11-17-12-14-25(31-17)26(29)30)22-16-28(2)24-10-6-4-8-20(22)24/h3-16,18H,1-2H3,(H,29,30)/b13-11+. The lowest BCUT2D eigenvalue weighted by Crippen LogP contribution is -1.97. The molecule has 0 fully saturated rings. The van der Waals surface area contributed by atoms with Crippen LogP contribution in [0.5, 0.6) is 0 Å². The Labute approximate surface area is 184 Å². The third-order valence-corrected chi connectivity index (χ3v) is 6.85. The van der Waals surface area contributed by atoms with Gasteiger partial charge in [-0.05, 0) is 41.5 Å². The Morgan fingerprint density at radius 3 is 1.94 bits per heavy atom. The number of carbonyl (C=O) groups is 1. The van der Waals surface area contributed by atoms with Crippen LogP contribution in [0.2, 0.25) is 0 Å². The predicted molar refractivity (Wildman–Crippen MR) is 128 cm³/mol. The van der Waals surface area contributed by atoms with Crippen LogP contribution in [0.1, 0.15) is 31.6 Å². The molecule has 154 valence electrons. The van der Waals surface area contributed by atoms with Gasteiger partial charge in [0.15, 0.2) is 0 Å². The summed E-state index contributed by atoms with van der Waals surface area (Å²) < 4.78 is 4.34. The summed E-state index contributed by atoms with van der Waals surface area (Å²) >= 11 is 1.29. The zero-order chi connectivity index (χ0) is 21.5. The van der Waals surface area contributed by atoms with Gasteiger partial charge in [-0.1, -0.05) is 42.5 Å². The van der Waals surface area contributed by atoms with Crippen LogP contribution >= 0.6 is 11.3 Å². The molecule has 0 radical (unpaired) electrons. The highest BCUT2D eigenvalue weighted by Crippen LogP contribution is 2.38. The van der Waals surface area contributed by atoms with Crippen molar-refractivity contribution in [2.75, 3.05) is 0 Å². The number of allylic oxidation sites excluding steroid dienone is 1.